The summed E-state index contributed by atoms with van der Waals surface area (Å²) in [6.07, 6.45) is -3.59. The van der Waals surface area contributed by atoms with Gasteiger partial charge in [0.2, 0.25) is 6.29 Å². The predicted molar refractivity (Wildman–Crippen MR) is 54.1 cm³/mol. The van der Waals surface area contributed by atoms with Crippen LogP contribution in [0.25, 0.3) is 0 Å². The van der Waals surface area contributed by atoms with Crippen molar-refractivity contribution in [3.8, 4) is 0 Å². The van der Waals surface area contributed by atoms with Gasteiger partial charge in [0.1, 0.15) is 0 Å². The van der Waals surface area contributed by atoms with Crippen LogP contribution in [0.15, 0.2) is 30.3 Å². The van der Waals surface area contributed by atoms with Crippen molar-refractivity contribution in [3.63, 3.8) is 0 Å². The van der Waals surface area contributed by atoms with E-state index in [1.54, 1.807) is 5.32 Å². The third kappa shape index (κ3) is 3.47. The predicted octanol–water partition coefficient (Wildman–Crippen LogP) is 1.83. The molecule has 1 rings (SSSR count). The van der Waals surface area contributed by atoms with Gasteiger partial charge in [-0.2, -0.15) is 0 Å². The Bertz CT molecular complexity index is 392. The number of hydrogen-bond acceptors (Lipinski definition) is 2. The van der Waals surface area contributed by atoms with Crippen molar-refractivity contribution in [3.05, 3.63) is 30.3 Å². The first kappa shape index (κ1) is 13.0. The molecular weight excluding hydrogens is 237 g/mol. The van der Waals surface area contributed by atoms with E-state index < -0.39 is 18.9 Å². The molecule has 0 saturated carbocycles. The fourth-order valence-electron chi connectivity index (χ4n) is 1.15. The quantitative estimate of drug-likeness (QED) is 0.826. The maximum absolute atomic E-state index is 12.7. The Labute approximate surface area is 95.0 Å². The number of hydrogen-bond donors (Lipinski definition) is 1. The van der Waals surface area contributed by atoms with Gasteiger partial charge < -0.3 is 5.32 Å². The minimum atomic E-state index is -4.87. The van der Waals surface area contributed by atoms with Crippen LogP contribution in [0, 0.1) is 0 Å². The molecule has 7 heteroatoms. The monoisotopic (exact) mass is 245 g/mol. The summed E-state index contributed by atoms with van der Waals surface area (Å²) in [6, 6.07) is 5.11. The average molecular weight is 245 g/mol. The molecule has 0 fully saturated rings. The average Bonchev–Trinajstić information content (AvgIpc) is 2.26. The second kappa shape index (κ2) is 5.33. The largest absolute Gasteiger partial charge is 0.493 e. The van der Waals surface area contributed by atoms with Gasteiger partial charge >= 0.3 is 12.3 Å². The normalized spacial score (nSPS) is 10.8. The van der Waals surface area contributed by atoms with Crippen LogP contribution in [0.1, 0.15) is 0 Å². The molecule has 0 bridgehead atoms. The van der Waals surface area contributed by atoms with Crippen LogP contribution in [0.5, 0.6) is 0 Å². The van der Waals surface area contributed by atoms with Gasteiger partial charge in [0.25, 0.3) is 0 Å². The summed E-state index contributed by atoms with van der Waals surface area (Å²) < 4.78 is 38.0. The Balaban J connectivity index is 2.97. The second-order valence-corrected chi connectivity index (χ2v) is 2.94. The van der Waals surface area contributed by atoms with Crippen LogP contribution in [-0.2, 0) is 4.79 Å². The number of nitrogens with one attached hydrogen (secondary N) is 1. The molecule has 1 aromatic carbocycles. The van der Waals surface area contributed by atoms with E-state index in [2.05, 4.69) is 0 Å². The van der Waals surface area contributed by atoms with E-state index in [0.29, 0.717) is 0 Å². The smallest absolute Gasteiger partial charge is 0.330 e. The highest BCUT2D eigenvalue weighted by atomic mass is 19.4. The van der Waals surface area contributed by atoms with Crippen molar-refractivity contribution in [1.82, 2.24) is 5.32 Å². The standard InChI is InChI=1S/C10H8F3N2O2/c11-10(12,13)15(9(17)14-6-7-16)8-4-2-1-3-5-8/h1-5H,6H2,(H,14,17). The van der Waals surface area contributed by atoms with Gasteiger partial charge in [0, 0.05) is 0 Å². The van der Waals surface area contributed by atoms with E-state index >= 15 is 0 Å². The van der Waals surface area contributed by atoms with Gasteiger partial charge in [-0.15, -0.1) is 13.2 Å². The van der Waals surface area contributed by atoms with Crippen molar-refractivity contribution in [1.29, 1.82) is 0 Å². The highest BCUT2D eigenvalue weighted by Crippen LogP contribution is 2.28. The third-order valence-electron chi connectivity index (χ3n) is 1.78. The summed E-state index contributed by atoms with van der Waals surface area (Å²) in [5.74, 6) is 0. The lowest BCUT2D eigenvalue weighted by Gasteiger charge is -2.24. The van der Waals surface area contributed by atoms with Crippen molar-refractivity contribution >= 4 is 18.0 Å². The Morgan fingerprint density at radius 1 is 1.29 bits per heavy atom. The SMILES string of the molecule is O=[C]CNC(=O)N(c1ccccc1)C(F)(F)F. The number of urea groups is 1. The molecule has 1 radical (unpaired) electrons. The fraction of sp³-hybridized carbons (Fsp3) is 0.200. The van der Waals surface area contributed by atoms with Crippen molar-refractivity contribution in [2.24, 2.45) is 0 Å². The topological polar surface area (TPSA) is 49.4 Å². The number of halogens is 3. The minimum Gasteiger partial charge on any atom is -0.330 e. The Hall–Kier alpha value is -2.05. The number of carbonyl (C=O) groups excluding carboxylic acids is 2. The number of alkyl halides is 3. The molecule has 0 spiro atoms. The molecule has 0 unspecified atom stereocenters. The maximum atomic E-state index is 12.7. The summed E-state index contributed by atoms with van der Waals surface area (Å²) in [4.78, 5) is 20.8. The highest BCUT2D eigenvalue weighted by Gasteiger charge is 2.42. The Morgan fingerprint density at radius 2 is 1.88 bits per heavy atom. The van der Waals surface area contributed by atoms with Crippen LogP contribution in [-0.4, -0.2) is 25.2 Å². The molecule has 0 saturated heterocycles. The Kier molecular flexibility index (Phi) is 4.08. The molecule has 2 amide bonds. The first-order valence-corrected chi connectivity index (χ1v) is 4.51. The third-order valence-corrected chi connectivity index (χ3v) is 1.78. The van der Waals surface area contributed by atoms with Gasteiger partial charge in [-0.3, -0.25) is 4.79 Å². The first-order valence-electron chi connectivity index (χ1n) is 4.51. The number of benzene rings is 1. The van der Waals surface area contributed by atoms with E-state index in [1.165, 1.54) is 24.5 Å². The van der Waals surface area contributed by atoms with E-state index in [0.717, 1.165) is 12.1 Å². The van der Waals surface area contributed by atoms with Crippen LogP contribution in [0.3, 0.4) is 0 Å². The number of para-hydroxylation sites is 1. The second-order valence-electron chi connectivity index (χ2n) is 2.94. The molecule has 91 valence electrons. The number of amides is 2. The number of nitrogens with zero attached hydrogens (tertiary/aromatic N) is 1. The van der Waals surface area contributed by atoms with Gasteiger partial charge in [0.05, 0.1) is 12.2 Å². The molecule has 0 heterocycles. The fourth-order valence-corrected chi connectivity index (χ4v) is 1.15. The zero-order valence-electron chi connectivity index (χ0n) is 8.49. The lowest BCUT2D eigenvalue weighted by atomic mass is 10.3. The molecular formula is C10H8F3N2O2. The summed E-state index contributed by atoms with van der Waals surface area (Å²) in [5.41, 5.74) is -0.330. The molecule has 0 aromatic heterocycles. The zero-order chi connectivity index (χ0) is 12.9. The summed E-state index contributed by atoms with van der Waals surface area (Å²) in [6.45, 7) is -0.599. The molecule has 0 aliphatic carbocycles. The van der Waals surface area contributed by atoms with E-state index in [9.17, 15) is 22.8 Å². The van der Waals surface area contributed by atoms with Crippen molar-refractivity contribution in [2.45, 2.75) is 6.30 Å². The van der Waals surface area contributed by atoms with Crippen molar-refractivity contribution < 1.29 is 22.8 Å². The van der Waals surface area contributed by atoms with E-state index in [1.807, 2.05) is 0 Å². The summed E-state index contributed by atoms with van der Waals surface area (Å²) >= 11 is 0. The zero-order valence-corrected chi connectivity index (χ0v) is 8.49. The van der Waals surface area contributed by atoms with Crippen LogP contribution >= 0.6 is 0 Å². The molecule has 0 aliphatic heterocycles. The van der Waals surface area contributed by atoms with Gasteiger partial charge in [0.15, 0.2) is 0 Å². The molecule has 0 aliphatic rings. The molecule has 17 heavy (non-hydrogen) atoms. The lowest BCUT2D eigenvalue weighted by Crippen LogP contribution is -2.49. The van der Waals surface area contributed by atoms with Crippen molar-refractivity contribution in [2.75, 3.05) is 11.4 Å². The van der Waals surface area contributed by atoms with Gasteiger partial charge in [-0.25, -0.2) is 9.69 Å². The Morgan fingerprint density at radius 3 is 2.35 bits per heavy atom. The minimum absolute atomic E-state index is 0.330. The summed E-state index contributed by atoms with van der Waals surface area (Å²) in [5, 5.41) is 1.78. The number of anilines is 1. The maximum Gasteiger partial charge on any atom is 0.493 e. The molecule has 1 N–H and O–H groups in total. The highest BCUT2D eigenvalue weighted by molar-refractivity contribution is 5.93. The first-order chi connectivity index (χ1) is 7.96. The van der Waals surface area contributed by atoms with E-state index in [4.69, 9.17) is 0 Å². The van der Waals surface area contributed by atoms with Crippen LogP contribution in [0.4, 0.5) is 23.7 Å². The van der Waals surface area contributed by atoms with E-state index in [-0.39, 0.29) is 10.6 Å². The molecule has 1 aromatic rings. The van der Waals surface area contributed by atoms with Crippen LogP contribution < -0.4 is 10.2 Å². The lowest BCUT2D eigenvalue weighted by molar-refractivity contribution is -0.121. The number of rotatable bonds is 3. The molecule has 4 nitrogen and oxygen atoms in total. The van der Waals surface area contributed by atoms with Gasteiger partial charge in [-0.1, -0.05) is 18.2 Å². The van der Waals surface area contributed by atoms with Crippen LogP contribution in [0.2, 0.25) is 0 Å². The van der Waals surface area contributed by atoms with Gasteiger partial charge in [-0.05, 0) is 12.1 Å². The summed E-state index contributed by atoms with van der Waals surface area (Å²) in [7, 11) is 0. The number of carbonyl (C=O) groups is 1. The molecule has 0 atom stereocenters.